The van der Waals surface area contributed by atoms with Gasteiger partial charge in [-0.3, -0.25) is 0 Å². The van der Waals surface area contributed by atoms with Gasteiger partial charge >= 0.3 is 0 Å². The molecule has 0 unspecified atom stereocenters. The van der Waals surface area contributed by atoms with Crippen molar-refractivity contribution in [2.24, 2.45) is 0 Å². The Hall–Kier alpha value is -1.70. The molecule has 0 saturated carbocycles. The van der Waals surface area contributed by atoms with Crippen molar-refractivity contribution < 1.29 is 4.74 Å². The quantitative estimate of drug-likeness (QED) is 0.741. The number of methoxy groups -OCH3 is 1. The van der Waals surface area contributed by atoms with Crippen LogP contribution in [0.2, 0.25) is 0 Å². The Bertz CT molecular complexity index is 356. The van der Waals surface area contributed by atoms with Crippen LogP contribution in [0.5, 0.6) is 5.75 Å². The van der Waals surface area contributed by atoms with Gasteiger partial charge in [0.2, 0.25) is 0 Å². The zero-order valence-corrected chi connectivity index (χ0v) is 9.29. The van der Waals surface area contributed by atoms with E-state index in [2.05, 4.69) is 18.0 Å². The van der Waals surface area contributed by atoms with E-state index in [1.54, 1.807) is 7.11 Å². The molecule has 0 saturated heterocycles. The van der Waals surface area contributed by atoms with Crippen LogP contribution in [0.3, 0.4) is 0 Å². The first kappa shape index (κ1) is 11.4. The van der Waals surface area contributed by atoms with E-state index in [0.717, 1.165) is 23.4 Å². The van der Waals surface area contributed by atoms with Crippen LogP contribution in [0.4, 0.5) is 5.69 Å². The van der Waals surface area contributed by atoms with Gasteiger partial charge in [-0.1, -0.05) is 18.2 Å². The molecular formula is C13H17NO. The van der Waals surface area contributed by atoms with Crippen LogP contribution < -0.4 is 10.1 Å². The fourth-order valence-electron chi connectivity index (χ4n) is 1.30. The molecule has 80 valence electrons. The minimum atomic E-state index is 0.872. The molecule has 15 heavy (non-hydrogen) atoms. The summed E-state index contributed by atoms with van der Waals surface area (Å²) in [5.74, 6) is 0.877. The summed E-state index contributed by atoms with van der Waals surface area (Å²) in [6.45, 7) is 3.67. The number of rotatable bonds is 5. The van der Waals surface area contributed by atoms with Crippen LogP contribution >= 0.6 is 0 Å². The molecule has 0 radical (unpaired) electrons. The molecule has 0 aliphatic carbocycles. The molecule has 1 rings (SSSR count). The summed E-state index contributed by atoms with van der Waals surface area (Å²) in [5, 5.41) is 3.08. The normalized spacial score (nSPS) is 10.3. The Balaban J connectivity index is 2.91. The SMILES string of the molecule is C=CC/C=C/c1ccc(NC)cc1OC. The molecule has 0 atom stereocenters. The first-order chi connectivity index (χ1) is 7.31. The summed E-state index contributed by atoms with van der Waals surface area (Å²) in [6.07, 6.45) is 6.84. The highest BCUT2D eigenvalue weighted by Gasteiger charge is 1.99. The standard InChI is InChI=1S/C13H17NO/c1-4-5-6-7-11-8-9-12(14-2)10-13(11)15-3/h4,6-10,14H,1,5H2,2-3H3/b7-6+. The van der Waals surface area contributed by atoms with Gasteiger partial charge in [0, 0.05) is 24.4 Å². The minimum absolute atomic E-state index is 0.872. The van der Waals surface area contributed by atoms with Crippen LogP contribution in [0, 0.1) is 0 Å². The number of benzene rings is 1. The van der Waals surface area contributed by atoms with Crippen molar-refractivity contribution in [3.05, 3.63) is 42.5 Å². The summed E-state index contributed by atoms with van der Waals surface area (Å²) >= 11 is 0. The monoisotopic (exact) mass is 203 g/mol. The van der Waals surface area contributed by atoms with Crippen molar-refractivity contribution in [3.8, 4) is 5.75 Å². The first-order valence-corrected chi connectivity index (χ1v) is 4.95. The molecule has 0 spiro atoms. The lowest BCUT2D eigenvalue weighted by molar-refractivity contribution is 0.414. The molecule has 0 amide bonds. The molecule has 1 aromatic carbocycles. The van der Waals surface area contributed by atoms with Crippen molar-refractivity contribution >= 4 is 11.8 Å². The van der Waals surface area contributed by atoms with E-state index in [-0.39, 0.29) is 0 Å². The van der Waals surface area contributed by atoms with Crippen molar-refractivity contribution in [2.75, 3.05) is 19.5 Å². The highest BCUT2D eigenvalue weighted by molar-refractivity contribution is 5.62. The van der Waals surface area contributed by atoms with Crippen LogP contribution in [0.1, 0.15) is 12.0 Å². The molecule has 1 N–H and O–H groups in total. The predicted octanol–water partition coefficient (Wildman–Crippen LogP) is 3.33. The maximum atomic E-state index is 5.30. The Kier molecular flexibility index (Phi) is 4.48. The lowest BCUT2D eigenvalue weighted by Gasteiger charge is -2.07. The zero-order valence-electron chi connectivity index (χ0n) is 9.29. The van der Waals surface area contributed by atoms with Crippen LogP contribution in [-0.2, 0) is 0 Å². The van der Waals surface area contributed by atoms with Gasteiger partial charge in [-0.2, -0.15) is 0 Å². The van der Waals surface area contributed by atoms with Gasteiger partial charge < -0.3 is 10.1 Å². The molecule has 1 aromatic rings. The summed E-state index contributed by atoms with van der Waals surface area (Å²) < 4.78 is 5.30. The Morgan fingerprint density at radius 3 is 2.87 bits per heavy atom. The van der Waals surface area contributed by atoms with E-state index < -0.39 is 0 Å². The van der Waals surface area contributed by atoms with E-state index in [9.17, 15) is 0 Å². The van der Waals surface area contributed by atoms with Gasteiger partial charge in [-0.15, -0.1) is 6.58 Å². The Morgan fingerprint density at radius 2 is 2.27 bits per heavy atom. The van der Waals surface area contributed by atoms with Crippen LogP contribution in [-0.4, -0.2) is 14.2 Å². The number of hydrogen-bond acceptors (Lipinski definition) is 2. The lowest BCUT2D eigenvalue weighted by Crippen LogP contribution is -1.91. The zero-order chi connectivity index (χ0) is 11.1. The van der Waals surface area contributed by atoms with Gasteiger partial charge in [-0.25, -0.2) is 0 Å². The van der Waals surface area contributed by atoms with E-state index in [1.807, 2.05) is 37.4 Å². The Morgan fingerprint density at radius 1 is 1.47 bits per heavy atom. The second kappa shape index (κ2) is 5.91. The fraction of sp³-hybridized carbons (Fsp3) is 0.231. The molecule has 0 fully saturated rings. The lowest BCUT2D eigenvalue weighted by atomic mass is 10.1. The van der Waals surface area contributed by atoms with Crippen LogP contribution in [0.25, 0.3) is 6.08 Å². The molecule has 0 bridgehead atoms. The second-order valence-electron chi connectivity index (χ2n) is 3.13. The summed E-state index contributed by atoms with van der Waals surface area (Å²) in [5.41, 5.74) is 2.13. The highest BCUT2D eigenvalue weighted by Crippen LogP contribution is 2.24. The van der Waals surface area contributed by atoms with E-state index in [1.165, 1.54) is 0 Å². The van der Waals surface area contributed by atoms with Crippen LogP contribution in [0.15, 0.2) is 36.9 Å². The average Bonchev–Trinajstić information content (AvgIpc) is 2.29. The van der Waals surface area contributed by atoms with Crippen molar-refractivity contribution in [2.45, 2.75) is 6.42 Å². The third-order valence-corrected chi connectivity index (χ3v) is 2.12. The molecular weight excluding hydrogens is 186 g/mol. The molecule has 2 heteroatoms. The largest absolute Gasteiger partial charge is 0.496 e. The van der Waals surface area contributed by atoms with E-state index >= 15 is 0 Å². The van der Waals surface area contributed by atoms with Gasteiger partial charge in [-0.05, 0) is 18.6 Å². The van der Waals surface area contributed by atoms with Gasteiger partial charge in [0.1, 0.15) is 5.75 Å². The highest BCUT2D eigenvalue weighted by atomic mass is 16.5. The number of ether oxygens (including phenoxy) is 1. The third kappa shape index (κ3) is 3.17. The maximum absolute atomic E-state index is 5.30. The predicted molar refractivity (Wildman–Crippen MR) is 66.4 cm³/mol. The second-order valence-corrected chi connectivity index (χ2v) is 3.13. The first-order valence-electron chi connectivity index (χ1n) is 4.95. The van der Waals surface area contributed by atoms with E-state index in [4.69, 9.17) is 4.74 Å². The van der Waals surface area contributed by atoms with Crippen molar-refractivity contribution in [1.29, 1.82) is 0 Å². The van der Waals surface area contributed by atoms with E-state index in [0.29, 0.717) is 0 Å². The number of anilines is 1. The fourth-order valence-corrected chi connectivity index (χ4v) is 1.30. The summed E-state index contributed by atoms with van der Waals surface area (Å²) in [6, 6.07) is 6.04. The Labute approximate surface area is 91.3 Å². The van der Waals surface area contributed by atoms with Gasteiger partial charge in [0.25, 0.3) is 0 Å². The number of hydrogen-bond donors (Lipinski definition) is 1. The average molecular weight is 203 g/mol. The molecule has 0 aliphatic heterocycles. The summed E-state index contributed by atoms with van der Waals surface area (Å²) in [7, 11) is 3.57. The molecule has 2 nitrogen and oxygen atoms in total. The van der Waals surface area contributed by atoms with Crippen molar-refractivity contribution in [3.63, 3.8) is 0 Å². The maximum Gasteiger partial charge on any atom is 0.128 e. The summed E-state index contributed by atoms with van der Waals surface area (Å²) in [4.78, 5) is 0. The van der Waals surface area contributed by atoms with Gasteiger partial charge in [0.15, 0.2) is 0 Å². The number of nitrogens with one attached hydrogen (secondary N) is 1. The topological polar surface area (TPSA) is 21.3 Å². The van der Waals surface area contributed by atoms with Gasteiger partial charge in [0.05, 0.1) is 7.11 Å². The smallest absolute Gasteiger partial charge is 0.128 e. The molecule has 0 aliphatic rings. The third-order valence-electron chi connectivity index (χ3n) is 2.12. The molecule has 0 aromatic heterocycles. The minimum Gasteiger partial charge on any atom is -0.496 e. The number of allylic oxidation sites excluding steroid dienone is 2. The van der Waals surface area contributed by atoms with Crippen molar-refractivity contribution in [1.82, 2.24) is 0 Å². The molecule has 0 heterocycles.